The third-order valence-corrected chi connectivity index (χ3v) is 2.34. The van der Waals surface area contributed by atoms with Crippen LogP contribution in [0.5, 0.6) is 5.75 Å². The van der Waals surface area contributed by atoms with Gasteiger partial charge in [0, 0.05) is 5.02 Å². The smallest absolute Gasteiger partial charge is 0.341 e. The maximum Gasteiger partial charge on any atom is 0.341 e. The number of esters is 1. The first kappa shape index (κ1) is 12.8. The highest BCUT2D eigenvalue weighted by atomic mass is 35.5. The predicted octanol–water partition coefficient (Wildman–Crippen LogP) is 3.25. The number of carbonyl (C=O) groups is 1. The summed E-state index contributed by atoms with van der Waals surface area (Å²) in [6, 6.07) is 4.29. The van der Waals surface area contributed by atoms with Crippen LogP contribution in [0.25, 0.3) is 0 Å². The standard InChI is InChI=1S/C12H15ClO3/c1-8(2)5-6-16-12(15)10-7-9(13)3-4-11(10)14/h3-4,7-8,14H,5-6H2,1-2H3. The molecule has 88 valence electrons. The van der Waals surface area contributed by atoms with E-state index in [-0.39, 0.29) is 11.3 Å². The van der Waals surface area contributed by atoms with Gasteiger partial charge in [-0.25, -0.2) is 4.79 Å². The summed E-state index contributed by atoms with van der Waals surface area (Å²) in [7, 11) is 0. The van der Waals surface area contributed by atoms with E-state index in [4.69, 9.17) is 16.3 Å². The maximum absolute atomic E-state index is 11.6. The van der Waals surface area contributed by atoms with Crippen molar-refractivity contribution in [2.45, 2.75) is 20.3 Å². The lowest BCUT2D eigenvalue weighted by molar-refractivity contribution is 0.0485. The SMILES string of the molecule is CC(C)CCOC(=O)c1cc(Cl)ccc1O. The molecule has 1 N–H and O–H groups in total. The lowest BCUT2D eigenvalue weighted by atomic mass is 10.1. The number of carbonyl (C=O) groups excluding carboxylic acids is 1. The highest BCUT2D eigenvalue weighted by Gasteiger charge is 2.13. The van der Waals surface area contributed by atoms with Crippen LogP contribution < -0.4 is 0 Å². The molecular weight excluding hydrogens is 228 g/mol. The molecule has 0 amide bonds. The topological polar surface area (TPSA) is 46.5 Å². The Morgan fingerprint density at radius 1 is 1.50 bits per heavy atom. The van der Waals surface area contributed by atoms with Gasteiger partial charge in [0.15, 0.2) is 0 Å². The molecule has 0 saturated heterocycles. The molecule has 0 atom stereocenters. The Balaban J connectivity index is 2.62. The van der Waals surface area contributed by atoms with Gasteiger partial charge in [-0.05, 0) is 30.5 Å². The van der Waals surface area contributed by atoms with Gasteiger partial charge in [-0.2, -0.15) is 0 Å². The maximum atomic E-state index is 11.6. The fraction of sp³-hybridized carbons (Fsp3) is 0.417. The quantitative estimate of drug-likeness (QED) is 0.825. The summed E-state index contributed by atoms with van der Waals surface area (Å²) in [5.41, 5.74) is 0.108. The van der Waals surface area contributed by atoms with Crippen molar-refractivity contribution in [3.05, 3.63) is 28.8 Å². The van der Waals surface area contributed by atoms with E-state index >= 15 is 0 Å². The number of rotatable bonds is 4. The Labute approximate surface area is 100.0 Å². The fourth-order valence-electron chi connectivity index (χ4n) is 1.14. The van der Waals surface area contributed by atoms with Crippen LogP contribution in [0, 0.1) is 5.92 Å². The van der Waals surface area contributed by atoms with Crippen molar-refractivity contribution in [1.29, 1.82) is 0 Å². The molecule has 4 heteroatoms. The van der Waals surface area contributed by atoms with Gasteiger partial charge in [-0.3, -0.25) is 0 Å². The van der Waals surface area contributed by atoms with E-state index in [9.17, 15) is 9.90 Å². The lowest BCUT2D eigenvalue weighted by Gasteiger charge is -2.08. The zero-order chi connectivity index (χ0) is 12.1. The fourth-order valence-corrected chi connectivity index (χ4v) is 1.31. The first-order valence-corrected chi connectivity index (χ1v) is 5.54. The molecule has 0 spiro atoms. The Morgan fingerprint density at radius 2 is 2.19 bits per heavy atom. The Kier molecular flexibility index (Phi) is 4.62. The van der Waals surface area contributed by atoms with Crippen LogP contribution in [0.15, 0.2) is 18.2 Å². The molecule has 0 aliphatic heterocycles. The number of ether oxygens (including phenoxy) is 1. The molecule has 0 fully saturated rings. The predicted molar refractivity (Wildman–Crippen MR) is 62.9 cm³/mol. The first-order valence-electron chi connectivity index (χ1n) is 5.16. The summed E-state index contributed by atoms with van der Waals surface area (Å²) in [4.78, 5) is 11.6. The van der Waals surface area contributed by atoms with Gasteiger partial charge >= 0.3 is 5.97 Å². The summed E-state index contributed by atoms with van der Waals surface area (Å²) in [6.07, 6.45) is 0.799. The molecule has 0 aromatic heterocycles. The van der Waals surface area contributed by atoms with E-state index < -0.39 is 5.97 Å². The Hall–Kier alpha value is -1.22. The monoisotopic (exact) mass is 242 g/mol. The van der Waals surface area contributed by atoms with E-state index in [1.807, 2.05) is 13.8 Å². The molecule has 16 heavy (non-hydrogen) atoms. The summed E-state index contributed by atoms with van der Waals surface area (Å²) in [6.45, 7) is 4.44. The molecule has 0 radical (unpaired) electrons. The highest BCUT2D eigenvalue weighted by molar-refractivity contribution is 6.31. The number of phenolic OH excluding ortho intramolecular Hbond substituents is 1. The molecule has 0 saturated carbocycles. The van der Waals surface area contributed by atoms with Crippen molar-refractivity contribution in [3.63, 3.8) is 0 Å². The van der Waals surface area contributed by atoms with Crippen molar-refractivity contribution in [2.75, 3.05) is 6.61 Å². The number of hydrogen-bond donors (Lipinski definition) is 1. The van der Waals surface area contributed by atoms with Gasteiger partial charge in [-0.15, -0.1) is 0 Å². The van der Waals surface area contributed by atoms with Crippen molar-refractivity contribution in [2.24, 2.45) is 5.92 Å². The molecular formula is C12H15ClO3. The van der Waals surface area contributed by atoms with E-state index in [2.05, 4.69) is 0 Å². The van der Waals surface area contributed by atoms with Crippen LogP contribution in [-0.2, 0) is 4.74 Å². The second-order valence-corrected chi connectivity index (χ2v) is 4.42. The highest BCUT2D eigenvalue weighted by Crippen LogP contribution is 2.22. The largest absolute Gasteiger partial charge is 0.507 e. The third-order valence-electron chi connectivity index (χ3n) is 2.11. The van der Waals surface area contributed by atoms with Crippen molar-refractivity contribution in [3.8, 4) is 5.75 Å². The summed E-state index contributed by atoms with van der Waals surface area (Å²) in [5.74, 6) is -0.180. The summed E-state index contributed by atoms with van der Waals surface area (Å²) in [5, 5.41) is 9.85. The van der Waals surface area contributed by atoms with Crippen molar-refractivity contribution >= 4 is 17.6 Å². The second kappa shape index (κ2) is 5.75. The second-order valence-electron chi connectivity index (χ2n) is 3.98. The number of hydrogen-bond acceptors (Lipinski definition) is 3. The van der Waals surface area contributed by atoms with Crippen LogP contribution >= 0.6 is 11.6 Å². The Morgan fingerprint density at radius 3 is 2.81 bits per heavy atom. The zero-order valence-electron chi connectivity index (χ0n) is 9.37. The van der Waals surface area contributed by atoms with Gasteiger partial charge in [0.2, 0.25) is 0 Å². The van der Waals surface area contributed by atoms with Crippen LogP contribution in [0.3, 0.4) is 0 Å². The third kappa shape index (κ3) is 3.74. The molecule has 0 heterocycles. The molecule has 1 aromatic carbocycles. The number of halogens is 1. The van der Waals surface area contributed by atoms with Gasteiger partial charge in [0.05, 0.1) is 6.61 Å². The molecule has 0 bridgehead atoms. The molecule has 0 aliphatic carbocycles. The van der Waals surface area contributed by atoms with Crippen LogP contribution in [-0.4, -0.2) is 17.7 Å². The number of phenols is 1. The first-order chi connectivity index (χ1) is 7.50. The molecule has 0 aliphatic rings. The Bertz CT molecular complexity index is 375. The number of benzene rings is 1. The lowest BCUT2D eigenvalue weighted by Crippen LogP contribution is -2.08. The van der Waals surface area contributed by atoms with Crippen molar-refractivity contribution in [1.82, 2.24) is 0 Å². The van der Waals surface area contributed by atoms with Crippen LogP contribution in [0.1, 0.15) is 30.6 Å². The minimum Gasteiger partial charge on any atom is -0.507 e. The van der Waals surface area contributed by atoms with E-state index in [1.165, 1.54) is 18.2 Å². The van der Waals surface area contributed by atoms with Crippen LogP contribution in [0.4, 0.5) is 0 Å². The normalized spacial score (nSPS) is 10.5. The van der Waals surface area contributed by atoms with Crippen LogP contribution in [0.2, 0.25) is 5.02 Å². The van der Waals surface area contributed by atoms with Gasteiger partial charge in [0.1, 0.15) is 11.3 Å². The van der Waals surface area contributed by atoms with Gasteiger partial charge < -0.3 is 9.84 Å². The average Bonchev–Trinajstić information content (AvgIpc) is 2.21. The number of aromatic hydroxyl groups is 1. The van der Waals surface area contributed by atoms with Gasteiger partial charge in [0.25, 0.3) is 0 Å². The van der Waals surface area contributed by atoms with E-state index in [0.717, 1.165) is 6.42 Å². The minimum absolute atomic E-state index is 0.108. The van der Waals surface area contributed by atoms with E-state index in [1.54, 1.807) is 0 Å². The molecule has 0 unspecified atom stereocenters. The molecule has 1 aromatic rings. The molecule has 1 rings (SSSR count). The summed E-state index contributed by atoms with van der Waals surface area (Å²) >= 11 is 5.73. The van der Waals surface area contributed by atoms with Crippen molar-refractivity contribution < 1.29 is 14.6 Å². The average molecular weight is 243 g/mol. The molecule has 3 nitrogen and oxygen atoms in total. The zero-order valence-corrected chi connectivity index (χ0v) is 10.1. The van der Waals surface area contributed by atoms with Gasteiger partial charge in [-0.1, -0.05) is 25.4 Å². The minimum atomic E-state index is -0.541. The van der Waals surface area contributed by atoms with E-state index in [0.29, 0.717) is 17.5 Å². The summed E-state index contributed by atoms with van der Waals surface area (Å²) < 4.78 is 5.02.